The predicted molar refractivity (Wildman–Crippen MR) is 87.6 cm³/mol. The van der Waals surface area contributed by atoms with Gasteiger partial charge in [0.2, 0.25) is 0 Å². The normalized spacial score (nSPS) is 11.2. The van der Waals surface area contributed by atoms with Crippen LogP contribution in [-0.2, 0) is 6.54 Å². The number of hydrogen-bond donors (Lipinski definition) is 1. The molecule has 0 fully saturated rings. The fourth-order valence-electron chi connectivity index (χ4n) is 2.47. The molecule has 2 aromatic heterocycles. The standard InChI is InChI=1S/C15H13BrFN3S/c1-8-3-10(4-9(2)13(8)17)7-20-14-12(19-15(20)21)5-11(16)6-18-14/h3-6H,7H2,1-2H3,(H,19,21). The van der Waals surface area contributed by atoms with Crippen molar-refractivity contribution in [2.45, 2.75) is 20.4 Å². The van der Waals surface area contributed by atoms with Crippen molar-refractivity contribution in [3.05, 3.63) is 56.1 Å². The van der Waals surface area contributed by atoms with E-state index in [9.17, 15) is 4.39 Å². The molecule has 1 N–H and O–H groups in total. The fourth-order valence-corrected chi connectivity index (χ4v) is 3.07. The Kier molecular flexibility index (Phi) is 3.67. The number of rotatable bonds is 2. The van der Waals surface area contributed by atoms with Crippen LogP contribution in [0.25, 0.3) is 11.2 Å². The van der Waals surface area contributed by atoms with Crippen molar-refractivity contribution in [2.24, 2.45) is 0 Å². The van der Waals surface area contributed by atoms with Crippen molar-refractivity contribution in [3.63, 3.8) is 0 Å². The first-order valence-electron chi connectivity index (χ1n) is 6.45. The van der Waals surface area contributed by atoms with Crippen molar-refractivity contribution < 1.29 is 4.39 Å². The molecule has 0 aliphatic rings. The summed E-state index contributed by atoms with van der Waals surface area (Å²) >= 11 is 8.76. The quantitative estimate of drug-likeness (QED) is 0.670. The van der Waals surface area contributed by atoms with E-state index in [1.807, 2.05) is 22.8 Å². The minimum Gasteiger partial charge on any atom is -0.329 e. The van der Waals surface area contributed by atoms with Gasteiger partial charge in [-0.05, 0) is 64.8 Å². The Labute approximate surface area is 135 Å². The average molecular weight is 366 g/mol. The number of nitrogens with one attached hydrogen (secondary N) is 1. The zero-order chi connectivity index (χ0) is 15.1. The summed E-state index contributed by atoms with van der Waals surface area (Å²) in [5.74, 6) is -0.150. The van der Waals surface area contributed by atoms with Crippen LogP contribution in [0.3, 0.4) is 0 Å². The Morgan fingerprint density at radius 2 is 1.95 bits per heavy atom. The number of H-pyrrole nitrogens is 1. The van der Waals surface area contributed by atoms with Gasteiger partial charge in [0.15, 0.2) is 10.4 Å². The van der Waals surface area contributed by atoms with Crippen molar-refractivity contribution >= 4 is 39.3 Å². The summed E-state index contributed by atoms with van der Waals surface area (Å²) in [4.78, 5) is 7.54. The molecule has 0 atom stereocenters. The van der Waals surface area contributed by atoms with E-state index in [-0.39, 0.29) is 5.82 Å². The van der Waals surface area contributed by atoms with Gasteiger partial charge in [-0.25, -0.2) is 9.37 Å². The van der Waals surface area contributed by atoms with Crippen molar-refractivity contribution in [2.75, 3.05) is 0 Å². The molecule has 3 nitrogen and oxygen atoms in total. The highest BCUT2D eigenvalue weighted by Crippen LogP contribution is 2.20. The summed E-state index contributed by atoms with van der Waals surface area (Å²) in [6.45, 7) is 4.11. The molecule has 0 radical (unpaired) electrons. The van der Waals surface area contributed by atoms with Crippen LogP contribution in [0.2, 0.25) is 0 Å². The molecule has 0 amide bonds. The van der Waals surface area contributed by atoms with Crippen molar-refractivity contribution in [3.8, 4) is 0 Å². The fraction of sp³-hybridized carbons (Fsp3) is 0.200. The van der Waals surface area contributed by atoms with Gasteiger partial charge < -0.3 is 4.98 Å². The second-order valence-corrected chi connectivity index (χ2v) is 6.39. The highest BCUT2D eigenvalue weighted by atomic mass is 79.9. The van der Waals surface area contributed by atoms with Crippen LogP contribution in [-0.4, -0.2) is 14.5 Å². The monoisotopic (exact) mass is 365 g/mol. The minimum atomic E-state index is -0.150. The Morgan fingerprint density at radius 3 is 2.62 bits per heavy atom. The molecule has 0 saturated heterocycles. The summed E-state index contributed by atoms with van der Waals surface area (Å²) in [6, 6.07) is 5.64. The number of aromatic nitrogens is 3. The summed E-state index contributed by atoms with van der Waals surface area (Å²) < 4.78 is 17.1. The number of fused-ring (bicyclic) bond motifs is 1. The Hall–Kier alpha value is -1.53. The van der Waals surface area contributed by atoms with Gasteiger partial charge in [-0.2, -0.15) is 0 Å². The summed E-state index contributed by atoms with van der Waals surface area (Å²) in [5.41, 5.74) is 3.97. The van der Waals surface area contributed by atoms with Gasteiger partial charge in [0.25, 0.3) is 0 Å². The molecule has 0 saturated carbocycles. The minimum absolute atomic E-state index is 0.150. The first-order valence-corrected chi connectivity index (χ1v) is 7.65. The third-order valence-corrected chi connectivity index (χ3v) is 4.17. The highest BCUT2D eigenvalue weighted by molar-refractivity contribution is 9.10. The number of benzene rings is 1. The van der Waals surface area contributed by atoms with E-state index in [1.54, 1.807) is 20.0 Å². The molecular formula is C15H13BrFN3S. The van der Waals surface area contributed by atoms with E-state index in [0.717, 1.165) is 21.2 Å². The number of aromatic amines is 1. The predicted octanol–water partition coefficient (Wildman–Crippen LogP) is 4.66. The number of halogens is 2. The summed E-state index contributed by atoms with van der Waals surface area (Å²) in [5, 5.41) is 0. The molecule has 0 bridgehead atoms. The van der Waals surface area contributed by atoms with Gasteiger partial charge in [-0.3, -0.25) is 4.57 Å². The maximum Gasteiger partial charge on any atom is 0.179 e. The highest BCUT2D eigenvalue weighted by Gasteiger charge is 2.09. The average Bonchev–Trinajstić information content (AvgIpc) is 2.71. The SMILES string of the molecule is Cc1cc(Cn2c(=S)[nH]c3cc(Br)cnc32)cc(C)c1F. The number of nitrogens with zero attached hydrogens (tertiary/aromatic N) is 2. The number of aryl methyl sites for hydroxylation is 2. The van der Waals surface area contributed by atoms with Gasteiger partial charge in [0.1, 0.15) is 5.82 Å². The molecule has 6 heteroatoms. The van der Waals surface area contributed by atoms with E-state index in [0.29, 0.717) is 22.4 Å². The molecule has 3 rings (SSSR count). The van der Waals surface area contributed by atoms with Crippen LogP contribution in [0, 0.1) is 24.4 Å². The molecule has 21 heavy (non-hydrogen) atoms. The first kappa shape index (κ1) is 14.4. The lowest BCUT2D eigenvalue weighted by atomic mass is 10.1. The van der Waals surface area contributed by atoms with Crippen molar-refractivity contribution in [1.82, 2.24) is 14.5 Å². The van der Waals surface area contributed by atoms with Crippen LogP contribution in [0.1, 0.15) is 16.7 Å². The molecular weight excluding hydrogens is 353 g/mol. The summed E-state index contributed by atoms with van der Waals surface area (Å²) in [7, 11) is 0. The Bertz CT molecular complexity index is 875. The maximum absolute atomic E-state index is 13.7. The second kappa shape index (κ2) is 5.35. The molecule has 0 unspecified atom stereocenters. The zero-order valence-corrected chi connectivity index (χ0v) is 14.0. The van der Waals surface area contributed by atoms with Gasteiger partial charge in [0, 0.05) is 10.7 Å². The van der Waals surface area contributed by atoms with Crippen LogP contribution in [0.5, 0.6) is 0 Å². The number of pyridine rings is 1. The third kappa shape index (κ3) is 2.65. The van der Waals surface area contributed by atoms with Gasteiger partial charge in [-0.1, -0.05) is 12.1 Å². The maximum atomic E-state index is 13.7. The smallest absolute Gasteiger partial charge is 0.179 e. The molecule has 0 spiro atoms. The van der Waals surface area contributed by atoms with Crippen LogP contribution in [0.4, 0.5) is 4.39 Å². The summed E-state index contributed by atoms with van der Waals surface area (Å²) in [6.07, 6.45) is 1.74. The second-order valence-electron chi connectivity index (χ2n) is 5.08. The Morgan fingerprint density at radius 1 is 1.29 bits per heavy atom. The van der Waals surface area contributed by atoms with Crippen LogP contribution < -0.4 is 0 Å². The van der Waals surface area contributed by atoms with Gasteiger partial charge >= 0.3 is 0 Å². The van der Waals surface area contributed by atoms with E-state index >= 15 is 0 Å². The molecule has 0 aliphatic heterocycles. The van der Waals surface area contributed by atoms with Gasteiger partial charge in [0.05, 0.1) is 12.1 Å². The van der Waals surface area contributed by atoms with Crippen LogP contribution in [0.15, 0.2) is 28.9 Å². The van der Waals surface area contributed by atoms with E-state index in [2.05, 4.69) is 25.9 Å². The number of hydrogen-bond acceptors (Lipinski definition) is 2. The topological polar surface area (TPSA) is 33.6 Å². The molecule has 0 aliphatic carbocycles. The first-order chi connectivity index (χ1) is 9.95. The lowest BCUT2D eigenvalue weighted by Crippen LogP contribution is -2.02. The van der Waals surface area contributed by atoms with E-state index in [4.69, 9.17) is 12.2 Å². The molecule has 2 heterocycles. The third-order valence-electron chi connectivity index (χ3n) is 3.41. The lowest BCUT2D eigenvalue weighted by Gasteiger charge is -2.08. The largest absolute Gasteiger partial charge is 0.329 e. The van der Waals surface area contributed by atoms with Crippen LogP contribution >= 0.6 is 28.1 Å². The zero-order valence-electron chi connectivity index (χ0n) is 11.6. The van der Waals surface area contributed by atoms with E-state index in [1.165, 1.54) is 0 Å². The molecule has 1 aromatic carbocycles. The van der Waals surface area contributed by atoms with Crippen molar-refractivity contribution in [1.29, 1.82) is 0 Å². The number of imidazole rings is 1. The van der Waals surface area contributed by atoms with E-state index < -0.39 is 0 Å². The van der Waals surface area contributed by atoms with Gasteiger partial charge in [-0.15, -0.1) is 0 Å². The Balaban J connectivity index is 2.10. The molecule has 108 valence electrons. The lowest BCUT2D eigenvalue weighted by molar-refractivity contribution is 0.607. The molecule has 3 aromatic rings.